The maximum Gasteiger partial charge on any atom is 1.00 e. The van der Waals surface area contributed by atoms with Crippen LogP contribution in [0.5, 0.6) is 0 Å². The van der Waals surface area contributed by atoms with Gasteiger partial charge in [-0.05, 0) is 25.7 Å². The van der Waals surface area contributed by atoms with E-state index >= 15 is 0 Å². The number of aliphatic hydroxyl groups excluding tert-OH is 1. The van der Waals surface area contributed by atoms with Crippen LogP contribution in [0.3, 0.4) is 0 Å². The number of hydrogen-bond acceptors (Lipinski definition) is 4. The van der Waals surface area contributed by atoms with Gasteiger partial charge in [-0.1, -0.05) is 97.3 Å². The van der Waals surface area contributed by atoms with Crippen molar-refractivity contribution in [2.75, 3.05) is 0 Å². The molecule has 0 heterocycles. The van der Waals surface area contributed by atoms with E-state index in [1.54, 1.807) is 0 Å². The summed E-state index contributed by atoms with van der Waals surface area (Å²) in [6, 6.07) is 0. The fourth-order valence-corrected chi connectivity index (χ4v) is 4.50. The molecule has 0 aliphatic carbocycles. The predicted molar refractivity (Wildman–Crippen MR) is 109 cm³/mol. The molecule has 0 rings (SSSR count). The van der Waals surface area contributed by atoms with Crippen molar-refractivity contribution in [3.63, 3.8) is 0 Å². The molecule has 0 amide bonds. The monoisotopic (exact) mass is 414 g/mol. The van der Waals surface area contributed by atoms with Crippen molar-refractivity contribution in [3.8, 4) is 0 Å². The Labute approximate surface area is 191 Å². The molecule has 158 valence electrons. The molecule has 2 unspecified atom stereocenters. The average Bonchev–Trinajstić information content (AvgIpc) is 2.58. The maximum atomic E-state index is 11.1. The first-order valence-corrected chi connectivity index (χ1v) is 12.5. The van der Waals surface area contributed by atoms with E-state index in [-0.39, 0.29) is 35.7 Å². The minimum Gasteiger partial charge on any atom is -0.748 e. The van der Waals surface area contributed by atoms with Crippen LogP contribution in [-0.4, -0.2) is 29.4 Å². The Bertz CT molecular complexity index is 401. The van der Waals surface area contributed by atoms with Crippen molar-refractivity contribution in [1.29, 1.82) is 0 Å². The van der Waals surface area contributed by atoms with Crippen molar-refractivity contribution < 1.29 is 47.6 Å². The minimum atomic E-state index is -4.12. The second-order valence-electron chi connectivity index (χ2n) is 7.81. The molecule has 0 fully saturated rings. The molecule has 0 aromatic rings. The van der Waals surface area contributed by atoms with Crippen LogP contribution >= 0.6 is 0 Å². The zero-order valence-corrected chi connectivity index (χ0v) is 21.1. The summed E-state index contributed by atoms with van der Waals surface area (Å²) >= 11 is 0. The van der Waals surface area contributed by atoms with Gasteiger partial charge in [0.25, 0.3) is 0 Å². The molecule has 0 aromatic heterocycles. The zero-order chi connectivity index (χ0) is 19.7. The van der Waals surface area contributed by atoms with Gasteiger partial charge in [-0.25, -0.2) is 8.42 Å². The van der Waals surface area contributed by atoms with Gasteiger partial charge in [0.1, 0.15) is 0 Å². The van der Waals surface area contributed by atoms with Crippen molar-refractivity contribution >= 4 is 10.1 Å². The number of unbranched alkanes of at least 4 members (excludes halogenated alkanes) is 10. The van der Waals surface area contributed by atoms with E-state index in [9.17, 15) is 18.1 Å². The van der Waals surface area contributed by atoms with Crippen LogP contribution in [0.1, 0.15) is 123 Å². The first-order chi connectivity index (χ1) is 12.4. The first kappa shape index (κ1) is 30.1. The summed E-state index contributed by atoms with van der Waals surface area (Å²) in [6.07, 6.45) is 17.4. The normalized spacial score (nSPS) is 13.9. The van der Waals surface area contributed by atoms with Crippen LogP contribution in [0.4, 0.5) is 0 Å². The third-order valence-electron chi connectivity index (χ3n) is 5.22. The second-order valence-corrected chi connectivity index (χ2v) is 9.46. The molecule has 0 aliphatic heterocycles. The Morgan fingerprint density at radius 2 is 1.07 bits per heavy atom. The molecule has 0 spiro atoms. The van der Waals surface area contributed by atoms with Gasteiger partial charge in [0.2, 0.25) is 0 Å². The standard InChI is InChI=1S/C21H44O4S.Na/c1-3-5-6-13-17-20(22)18-14-11-9-7-8-10-12-15-19-21(16-4-2)26(23,24)25;/h20-22H,3-19H2,1-2H3,(H,23,24,25);/q;+1/p-1. The molecule has 0 aromatic carbocycles. The molecule has 1 N–H and O–H groups in total. The van der Waals surface area contributed by atoms with Crippen LogP contribution in [0.15, 0.2) is 0 Å². The molecule has 2 atom stereocenters. The second kappa shape index (κ2) is 20.2. The van der Waals surface area contributed by atoms with Gasteiger partial charge in [-0.2, -0.15) is 0 Å². The zero-order valence-electron chi connectivity index (χ0n) is 18.3. The van der Waals surface area contributed by atoms with Crippen molar-refractivity contribution in [3.05, 3.63) is 0 Å². The molecule has 0 radical (unpaired) electrons. The van der Waals surface area contributed by atoms with Crippen molar-refractivity contribution in [2.24, 2.45) is 0 Å². The third-order valence-corrected chi connectivity index (χ3v) is 6.51. The molecule has 4 nitrogen and oxygen atoms in total. The summed E-state index contributed by atoms with van der Waals surface area (Å²) < 4.78 is 33.4. The molecular formula is C21H43NaO4S. The topological polar surface area (TPSA) is 77.4 Å². The molecular weight excluding hydrogens is 371 g/mol. The van der Waals surface area contributed by atoms with E-state index in [0.717, 1.165) is 51.4 Å². The fourth-order valence-electron chi connectivity index (χ4n) is 3.52. The van der Waals surface area contributed by atoms with Crippen LogP contribution in [0.25, 0.3) is 0 Å². The Kier molecular flexibility index (Phi) is 22.4. The van der Waals surface area contributed by atoms with Gasteiger partial charge in [0, 0.05) is 5.25 Å². The Hall–Kier alpha value is 0.870. The van der Waals surface area contributed by atoms with Crippen molar-refractivity contribution in [1.82, 2.24) is 0 Å². The minimum absolute atomic E-state index is 0. The smallest absolute Gasteiger partial charge is 0.748 e. The van der Waals surface area contributed by atoms with Gasteiger partial charge in [-0.15, -0.1) is 0 Å². The summed E-state index contributed by atoms with van der Waals surface area (Å²) in [5.41, 5.74) is 0. The quantitative estimate of drug-likeness (QED) is 0.200. The summed E-state index contributed by atoms with van der Waals surface area (Å²) in [6.45, 7) is 4.13. The summed E-state index contributed by atoms with van der Waals surface area (Å²) in [7, 11) is -4.12. The molecule has 0 aliphatic rings. The van der Waals surface area contributed by atoms with Gasteiger partial charge in [0.05, 0.1) is 16.2 Å². The van der Waals surface area contributed by atoms with E-state index in [4.69, 9.17) is 0 Å². The molecule has 0 saturated heterocycles. The van der Waals surface area contributed by atoms with E-state index in [1.807, 2.05) is 6.92 Å². The first-order valence-electron chi connectivity index (χ1n) is 11.0. The van der Waals surface area contributed by atoms with Gasteiger partial charge < -0.3 is 9.66 Å². The van der Waals surface area contributed by atoms with Gasteiger partial charge in [-0.3, -0.25) is 0 Å². The maximum absolute atomic E-state index is 11.1. The van der Waals surface area contributed by atoms with Crippen LogP contribution in [0.2, 0.25) is 0 Å². The molecule has 27 heavy (non-hydrogen) atoms. The number of hydrogen-bond donors (Lipinski definition) is 1. The van der Waals surface area contributed by atoms with E-state index in [0.29, 0.717) is 12.8 Å². The molecule has 0 saturated carbocycles. The molecule has 0 bridgehead atoms. The molecule has 6 heteroatoms. The Morgan fingerprint density at radius 3 is 1.48 bits per heavy atom. The Morgan fingerprint density at radius 1 is 0.667 bits per heavy atom. The summed E-state index contributed by atoms with van der Waals surface area (Å²) in [4.78, 5) is 0. The van der Waals surface area contributed by atoms with Gasteiger partial charge in [0.15, 0.2) is 0 Å². The fraction of sp³-hybridized carbons (Fsp3) is 1.00. The van der Waals surface area contributed by atoms with Crippen molar-refractivity contribution in [2.45, 2.75) is 134 Å². The number of rotatable bonds is 19. The Balaban J connectivity index is 0. The summed E-state index contributed by atoms with van der Waals surface area (Å²) in [5.74, 6) is 0. The van der Waals surface area contributed by atoms with Crippen LogP contribution < -0.4 is 29.6 Å². The predicted octanol–water partition coefficient (Wildman–Crippen LogP) is 2.94. The van der Waals surface area contributed by atoms with E-state index in [1.165, 1.54) is 44.9 Å². The van der Waals surface area contributed by atoms with Crippen LogP contribution in [-0.2, 0) is 10.1 Å². The largest absolute Gasteiger partial charge is 1.00 e. The van der Waals surface area contributed by atoms with E-state index < -0.39 is 15.4 Å². The summed E-state index contributed by atoms with van der Waals surface area (Å²) in [5, 5.41) is 9.24. The third kappa shape index (κ3) is 19.9. The van der Waals surface area contributed by atoms with Gasteiger partial charge >= 0.3 is 29.6 Å². The number of aliphatic hydroxyl groups is 1. The average molecular weight is 415 g/mol. The van der Waals surface area contributed by atoms with Crippen LogP contribution in [0, 0.1) is 0 Å². The van der Waals surface area contributed by atoms with E-state index in [2.05, 4.69) is 6.92 Å². The SMILES string of the molecule is CCCCCCC(O)CCCCCCCCCCC(CCC)S(=O)(=O)[O-].[Na+].